The summed E-state index contributed by atoms with van der Waals surface area (Å²) in [5.41, 5.74) is -1.83. The molecule has 0 aromatic heterocycles. The molecule has 8 heteroatoms. The van der Waals surface area contributed by atoms with Gasteiger partial charge in [0.25, 0.3) is 0 Å². The van der Waals surface area contributed by atoms with Crippen LogP contribution < -0.4 is 0 Å². The van der Waals surface area contributed by atoms with Crippen molar-refractivity contribution in [1.82, 2.24) is 4.90 Å². The number of methoxy groups -OCH3 is 4. The van der Waals surface area contributed by atoms with Crippen molar-refractivity contribution in [2.75, 3.05) is 54.9 Å². The van der Waals surface area contributed by atoms with Gasteiger partial charge in [-0.1, -0.05) is 6.92 Å². The molecule has 0 radical (unpaired) electrons. The Kier molecular flexibility index (Phi) is 4.81. The van der Waals surface area contributed by atoms with Crippen LogP contribution in [0, 0.1) is 34.5 Å². The minimum absolute atomic E-state index is 0.0240. The standard InChI is InChI=1S/C26H41NO7/c1-6-27-11-23(12-29-2)8-7-17(31-4)25-15-9-14-16(30-3)10-24(18(15)19(14)32-5)26(22(25)27,34-13-33-24)21(28)20(23)25/h14-22,28H,6-13H2,1-5H3/t14-,15-,16+,17+,18-,19+,20-,21+,22-,23+,24-,25+,26-/m1/s1. The van der Waals surface area contributed by atoms with E-state index in [0.29, 0.717) is 18.4 Å². The lowest BCUT2D eigenvalue weighted by molar-refractivity contribution is -0.287. The van der Waals surface area contributed by atoms with E-state index < -0.39 is 17.3 Å². The van der Waals surface area contributed by atoms with Crippen molar-refractivity contribution < 1.29 is 33.5 Å². The van der Waals surface area contributed by atoms with Gasteiger partial charge in [0.05, 0.1) is 37.1 Å². The molecule has 192 valence electrons. The molecule has 5 aliphatic carbocycles. The van der Waals surface area contributed by atoms with Crippen LogP contribution in [0.25, 0.3) is 0 Å². The van der Waals surface area contributed by atoms with Gasteiger partial charge in [0.2, 0.25) is 0 Å². The van der Waals surface area contributed by atoms with E-state index in [1.54, 1.807) is 7.11 Å². The molecule has 2 heterocycles. The summed E-state index contributed by atoms with van der Waals surface area (Å²) in [6.07, 6.45) is 3.20. The molecular formula is C26H41NO7. The zero-order valence-corrected chi connectivity index (χ0v) is 21.2. The first-order valence-corrected chi connectivity index (χ1v) is 13.2. The Morgan fingerprint density at radius 1 is 1.09 bits per heavy atom. The first-order chi connectivity index (χ1) is 16.5. The number of fused-ring (bicyclic) bond motifs is 1. The third kappa shape index (κ3) is 2.05. The average Bonchev–Trinajstić information content (AvgIpc) is 3.42. The van der Waals surface area contributed by atoms with Crippen LogP contribution in [0.2, 0.25) is 0 Å². The van der Waals surface area contributed by atoms with Crippen molar-refractivity contribution in [1.29, 1.82) is 0 Å². The molecule has 0 aromatic rings. The van der Waals surface area contributed by atoms with E-state index in [9.17, 15) is 5.11 Å². The third-order valence-corrected chi connectivity index (χ3v) is 12.0. The van der Waals surface area contributed by atoms with E-state index >= 15 is 0 Å². The maximum atomic E-state index is 12.6. The topological polar surface area (TPSA) is 78.9 Å². The maximum Gasteiger partial charge on any atom is 0.148 e. The zero-order chi connectivity index (χ0) is 23.7. The van der Waals surface area contributed by atoms with Crippen LogP contribution in [0.4, 0.5) is 0 Å². The molecule has 13 atom stereocenters. The van der Waals surface area contributed by atoms with Gasteiger partial charge < -0.3 is 33.5 Å². The summed E-state index contributed by atoms with van der Waals surface area (Å²) in [5.74, 6) is 0.813. The highest BCUT2D eigenvalue weighted by molar-refractivity contribution is 5.42. The van der Waals surface area contributed by atoms with Crippen LogP contribution in [0.1, 0.15) is 32.6 Å². The predicted octanol–water partition coefficient (Wildman–Crippen LogP) is 1.29. The Hall–Kier alpha value is -0.320. The molecule has 5 saturated carbocycles. The van der Waals surface area contributed by atoms with Crippen LogP contribution in [-0.4, -0.2) is 107 Å². The number of likely N-dealkylation sites (tertiary alicyclic amines) is 1. The summed E-state index contributed by atoms with van der Waals surface area (Å²) in [5, 5.41) is 12.6. The summed E-state index contributed by atoms with van der Waals surface area (Å²) in [4.78, 5) is 2.61. The molecule has 2 saturated heterocycles. The number of hydrogen-bond acceptors (Lipinski definition) is 8. The van der Waals surface area contributed by atoms with Gasteiger partial charge in [-0.3, -0.25) is 4.90 Å². The average molecular weight is 480 g/mol. The largest absolute Gasteiger partial charge is 0.390 e. The van der Waals surface area contributed by atoms with E-state index in [0.717, 1.165) is 38.8 Å². The number of rotatable bonds is 6. The second kappa shape index (κ2) is 7.16. The van der Waals surface area contributed by atoms with Crippen molar-refractivity contribution in [3.8, 4) is 0 Å². The molecule has 34 heavy (non-hydrogen) atoms. The SMILES string of the molecule is CCN1C[C@]2(COC)CC[C@H](OC)[C@]34[C@@H]5C[C@H]6[C@H](OC)[C@@H]5[C@@]5(C[C@@H]6OC)OCO[C@@]5([C@H]13)[C@@H](O)[C@H]24. The second-order valence-electron chi connectivity index (χ2n) is 12.2. The fraction of sp³-hybridized carbons (Fsp3) is 1.00. The molecule has 0 amide bonds. The highest BCUT2D eigenvalue weighted by atomic mass is 16.7. The van der Waals surface area contributed by atoms with Crippen molar-refractivity contribution in [3.05, 3.63) is 0 Å². The molecule has 7 rings (SSSR count). The highest BCUT2D eigenvalue weighted by Crippen LogP contribution is 2.82. The fourth-order valence-electron chi connectivity index (χ4n) is 11.7. The van der Waals surface area contributed by atoms with Gasteiger partial charge in [0, 0.05) is 70.0 Å². The van der Waals surface area contributed by atoms with E-state index in [-0.39, 0.29) is 53.8 Å². The second-order valence-corrected chi connectivity index (χ2v) is 12.2. The lowest BCUT2D eigenvalue weighted by Gasteiger charge is -2.70. The molecule has 7 aliphatic rings. The number of nitrogens with zero attached hydrogens (tertiary/aromatic N) is 1. The molecule has 1 N–H and O–H groups in total. The lowest BCUT2D eigenvalue weighted by Crippen LogP contribution is -2.81. The van der Waals surface area contributed by atoms with Crippen LogP contribution >= 0.6 is 0 Å². The minimum atomic E-state index is -0.825. The number of aliphatic hydroxyl groups excluding tert-OH is 1. The van der Waals surface area contributed by atoms with Crippen molar-refractivity contribution in [2.24, 2.45) is 34.5 Å². The van der Waals surface area contributed by atoms with Crippen molar-refractivity contribution in [3.63, 3.8) is 0 Å². The molecule has 0 unspecified atom stereocenters. The van der Waals surface area contributed by atoms with Crippen LogP contribution in [0.15, 0.2) is 0 Å². The number of piperidine rings is 1. The molecule has 0 aromatic carbocycles. The van der Waals surface area contributed by atoms with E-state index in [4.69, 9.17) is 28.4 Å². The first kappa shape index (κ1) is 22.8. The molecule has 7 bridgehead atoms. The summed E-state index contributed by atoms with van der Waals surface area (Å²) < 4.78 is 38.3. The van der Waals surface area contributed by atoms with Gasteiger partial charge in [-0.25, -0.2) is 0 Å². The van der Waals surface area contributed by atoms with Crippen LogP contribution in [-0.2, 0) is 28.4 Å². The normalized spacial score (nSPS) is 61.1. The first-order valence-electron chi connectivity index (χ1n) is 13.2. The number of likely N-dealkylation sites (N-methyl/N-ethyl adjacent to an activating group) is 1. The van der Waals surface area contributed by atoms with E-state index in [2.05, 4.69) is 11.8 Å². The molecule has 7 fully saturated rings. The highest BCUT2D eigenvalue weighted by Gasteiger charge is 2.93. The number of hydrogen-bond donors (Lipinski definition) is 1. The van der Waals surface area contributed by atoms with Gasteiger partial charge in [0.1, 0.15) is 18.0 Å². The minimum Gasteiger partial charge on any atom is -0.390 e. The summed E-state index contributed by atoms with van der Waals surface area (Å²) in [6.45, 7) is 4.93. The molecule has 2 aliphatic heterocycles. The fourth-order valence-corrected chi connectivity index (χ4v) is 11.7. The molecule has 3 spiro atoms. The van der Waals surface area contributed by atoms with Crippen molar-refractivity contribution in [2.45, 2.75) is 74.3 Å². The van der Waals surface area contributed by atoms with Gasteiger partial charge in [0.15, 0.2) is 0 Å². The summed E-state index contributed by atoms with van der Waals surface area (Å²) in [6, 6.07) is 0.0378. The smallest absolute Gasteiger partial charge is 0.148 e. The van der Waals surface area contributed by atoms with Crippen LogP contribution in [0.3, 0.4) is 0 Å². The van der Waals surface area contributed by atoms with Gasteiger partial charge in [-0.15, -0.1) is 0 Å². The Morgan fingerprint density at radius 2 is 1.91 bits per heavy atom. The Bertz CT molecular complexity index is 859. The third-order valence-electron chi connectivity index (χ3n) is 12.0. The van der Waals surface area contributed by atoms with Gasteiger partial charge in [-0.2, -0.15) is 0 Å². The zero-order valence-electron chi connectivity index (χ0n) is 21.2. The van der Waals surface area contributed by atoms with E-state index in [1.807, 2.05) is 21.3 Å². The Morgan fingerprint density at radius 3 is 2.59 bits per heavy atom. The predicted molar refractivity (Wildman–Crippen MR) is 121 cm³/mol. The molecule has 8 nitrogen and oxygen atoms in total. The number of ether oxygens (including phenoxy) is 6. The van der Waals surface area contributed by atoms with E-state index in [1.165, 1.54) is 0 Å². The van der Waals surface area contributed by atoms with Crippen LogP contribution in [0.5, 0.6) is 0 Å². The summed E-state index contributed by atoms with van der Waals surface area (Å²) >= 11 is 0. The Labute approximate surface area is 202 Å². The Balaban J connectivity index is 1.55. The monoisotopic (exact) mass is 479 g/mol. The van der Waals surface area contributed by atoms with Crippen molar-refractivity contribution >= 4 is 0 Å². The molecular weight excluding hydrogens is 438 g/mol. The van der Waals surface area contributed by atoms with Gasteiger partial charge >= 0.3 is 0 Å². The quantitative estimate of drug-likeness (QED) is 0.611. The summed E-state index contributed by atoms with van der Waals surface area (Å²) in [7, 11) is 7.32. The maximum absolute atomic E-state index is 12.6. The lowest BCUT2D eigenvalue weighted by atomic mass is 9.42. The number of aliphatic hydroxyl groups is 1. The van der Waals surface area contributed by atoms with Gasteiger partial charge in [-0.05, 0) is 31.7 Å².